The van der Waals surface area contributed by atoms with Gasteiger partial charge in [0.1, 0.15) is 0 Å². The Morgan fingerprint density at radius 2 is 1.92 bits per heavy atom. The fourth-order valence-corrected chi connectivity index (χ4v) is 2.90. The number of hydrogen-bond donors (Lipinski definition) is 1. The molecule has 1 heterocycles. The molecule has 1 amide bonds. The minimum Gasteiger partial charge on any atom is -0.350 e. The number of rotatable bonds is 5. The van der Waals surface area contributed by atoms with Crippen LogP contribution in [0.3, 0.4) is 0 Å². The second-order valence-corrected chi connectivity index (χ2v) is 6.77. The molecule has 0 saturated carbocycles. The topological polar surface area (TPSA) is 64.0 Å². The van der Waals surface area contributed by atoms with E-state index in [1.807, 2.05) is 43.3 Å². The monoisotopic (exact) mass is 399 g/mol. The van der Waals surface area contributed by atoms with Gasteiger partial charge in [-0.3, -0.25) is 14.2 Å². The fourth-order valence-electron chi connectivity index (χ4n) is 2.64. The second kappa shape index (κ2) is 7.61. The molecule has 1 unspecified atom stereocenters. The van der Waals surface area contributed by atoms with Crippen molar-refractivity contribution < 1.29 is 4.79 Å². The normalized spacial score (nSPS) is 12.1. The third-order valence-corrected chi connectivity index (χ3v) is 4.59. The van der Waals surface area contributed by atoms with E-state index in [9.17, 15) is 9.59 Å². The summed E-state index contributed by atoms with van der Waals surface area (Å²) in [6, 6.07) is 14.9. The molecule has 5 nitrogen and oxygen atoms in total. The second-order valence-electron chi connectivity index (χ2n) is 5.85. The van der Waals surface area contributed by atoms with Gasteiger partial charge in [-0.15, -0.1) is 0 Å². The zero-order chi connectivity index (χ0) is 17.8. The maximum atomic E-state index is 12.4. The van der Waals surface area contributed by atoms with E-state index in [0.29, 0.717) is 17.4 Å². The van der Waals surface area contributed by atoms with Crippen LogP contribution in [0.1, 0.15) is 24.9 Å². The largest absolute Gasteiger partial charge is 0.350 e. The van der Waals surface area contributed by atoms with Crippen molar-refractivity contribution in [3.63, 3.8) is 0 Å². The molecular formula is C19H18BrN3O2. The van der Waals surface area contributed by atoms with E-state index in [2.05, 4.69) is 26.2 Å². The lowest BCUT2D eigenvalue weighted by Gasteiger charge is -2.15. The van der Waals surface area contributed by atoms with Gasteiger partial charge in [-0.25, -0.2) is 4.98 Å². The van der Waals surface area contributed by atoms with Crippen molar-refractivity contribution in [2.75, 3.05) is 0 Å². The standard InChI is InChI=1S/C19H18BrN3O2/c1-13(14-6-8-15(20)9-7-14)22-18(24)10-11-23-12-21-17-5-3-2-4-16(17)19(23)25/h2-9,12-13H,10-11H2,1H3,(H,22,24). The summed E-state index contributed by atoms with van der Waals surface area (Å²) in [5.74, 6) is -0.101. The molecule has 25 heavy (non-hydrogen) atoms. The van der Waals surface area contributed by atoms with Gasteiger partial charge in [0.2, 0.25) is 5.91 Å². The Labute approximate surface area is 153 Å². The third kappa shape index (κ3) is 4.14. The highest BCUT2D eigenvalue weighted by Crippen LogP contribution is 2.16. The first kappa shape index (κ1) is 17.4. The molecule has 0 aliphatic carbocycles. The number of fused-ring (bicyclic) bond motifs is 1. The Balaban J connectivity index is 1.63. The summed E-state index contributed by atoms with van der Waals surface area (Å²) in [6.07, 6.45) is 1.72. The highest BCUT2D eigenvalue weighted by Gasteiger charge is 2.10. The summed E-state index contributed by atoms with van der Waals surface area (Å²) in [6.45, 7) is 2.24. The molecule has 0 saturated heterocycles. The van der Waals surface area contributed by atoms with Gasteiger partial charge in [0, 0.05) is 17.4 Å². The molecule has 0 aliphatic rings. The number of aromatic nitrogens is 2. The van der Waals surface area contributed by atoms with Crippen molar-refractivity contribution in [1.82, 2.24) is 14.9 Å². The molecule has 0 aliphatic heterocycles. The van der Waals surface area contributed by atoms with Gasteiger partial charge in [0.05, 0.1) is 23.3 Å². The molecule has 128 valence electrons. The number of carbonyl (C=O) groups excluding carboxylic acids is 1. The van der Waals surface area contributed by atoms with E-state index < -0.39 is 0 Å². The van der Waals surface area contributed by atoms with Crippen LogP contribution in [0.25, 0.3) is 10.9 Å². The molecule has 3 aromatic rings. The zero-order valence-electron chi connectivity index (χ0n) is 13.8. The summed E-state index contributed by atoms with van der Waals surface area (Å²) in [5.41, 5.74) is 1.57. The van der Waals surface area contributed by atoms with Crippen LogP contribution >= 0.6 is 15.9 Å². The van der Waals surface area contributed by atoms with Gasteiger partial charge in [0.25, 0.3) is 5.56 Å². The van der Waals surface area contributed by atoms with Gasteiger partial charge in [-0.1, -0.05) is 40.2 Å². The first-order valence-electron chi connectivity index (χ1n) is 8.03. The van der Waals surface area contributed by atoms with Gasteiger partial charge < -0.3 is 5.32 Å². The van der Waals surface area contributed by atoms with Crippen molar-refractivity contribution in [3.8, 4) is 0 Å². The number of carbonyl (C=O) groups is 1. The Hall–Kier alpha value is -2.47. The van der Waals surface area contributed by atoms with E-state index in [1.54, 1.807) is 12.1 Å². The van der Waals surface area contributed by atoms with E-state index in [1.165, 1.54) is 10.9 Å². The summed E-state index contributed by atoms with van der Waals surface area (Å²) in [5, 5.41) is 3.52. The number of hydrogen-bond acceptors (Lipinski definition) is 3. The summed E-state index contributed by atoms with van der Waals surface area (Å²) in [4.78, 5) is 28.9. The minimum absolute atomic E-state index is 0.0907. The van der Waals surface area contributed by atoms with Crippen LogP contribution in [0.4, 0.5) is 0 Å². The molecule has 0 fully saturated rings. The van der Waals surface area contributed by atoms with Crippen molar-refractivity contribution in [3.05, 3.63) is 75.2 Å². The Morgan fingerprint density at radius 3 is 2.68 bits per heavy atom. The number of para-hydroxylation sites is 1. The predicted molar refractivity (Wildman–Crippen MR) is 101 cm³/mol. The van der Waals surface area contributed by atoms with Crippen LogP contribution in [0.2, 0.25) is 0 Å². The lowest BCUT2D eigenvalue weighted by Crippen LogP contribution is -2.29. The zero-order valence-corrected chi connectivity index (χ0v) is 15.4. The van der Waals surface area contributed by atoms with Crippen LogP contribution in [-0.4, -0.2) is 15.5 Å². The smallest absolute Gasteiger partial charge is 0.261 e. The molecule has 1 atom stereocenters. The van der Waals surface area contributed by atoms with E-state index in [0.717, 1.165) is 10.0 Å². The molecule has 0 bridgehead atoms. The van der Waals surface area contributed by atoms with Crippen molar-refractivity contribution in [1.29, 1.82) is 0 Å². The van der Waals surface area contributed by atoms with E-state index >= 15 is 0 Å². The van der Waals surface area contributed by atoms with Crippen molar-refractivity contribution in [2.45, 2.75) is 25.9 Å². The fraction of sp³-hybridized carbons (Fsp3) is 0.211. The van der Waals surface area contributed by atoms with Crippen LogP contribution in [0, 0.1) is 0 Å². The lowest BCUT2D eigenvalue weighted by molar-refractivity contribution is -0.121. The maximum Gasteiger partial charge on any atom is 0.261 e. The maximum absolute atomic E-state index is 12.4. The summed E-state index contributed by atoms with van der Waals surface area (Å²) >= 11 is 3.39. The molecule has 1 aromatic heterocycles. The molecule has 6 heteroatoms. The van der Waals surface area contributed by atoms with Gasteiger partial charge in [-0.2, -0.15) is 0 Å². The third-order valence-electron chi connectivity index (χ3n) is 4.06. The number of nitrogens with one attached hydrogen (secondary N) is 1. The number of halogens is 1. The van der Waals surface area contributed by atoms with E-state index in [-0.39, 0.29) is 23.9 Å². The highest BCUT2D eigenvalue weighted by molar-refractivity contribution is 9.10. The first-order chi connectivity index (χ1) is 12.0. The van der Waals surface area contributed by atoms with Gasteiger partial charge >= 0.3 is 0 Å². The summed E-state index contributed by atoms with van der Waals surface area (Å²) < 4.78 is 2.48. The predicted octanol–water partition coefficient (Wildman–Crippen LogP) is 3.43. The number of nitrogens with zero attached hydrogens (tertiary/aromatic N) is 2. The number of aryl methyl sites for hydroxylation is 1. The molecular weight excluding hydrogens is 382 g/mol. The highest BCUT2D eigenvalue weighted by atomic mass is 79.9. The minimum atomic E-state index is -0.126. The molecule has 3 rings (SSSR count). The average Bonchev–Trinajstić information content (AvgIpc) is 2.62. The molecule has 0 spiro atoms. The average molecular weight is 400 g/mol. The molecule has 1 N–H and O–H groups in total. The Morgan fingerprint density at radius 1 is 1.20 bits per heavy atom. The van der Waals surface area contributed by atoms with Crippen molar-refractivity contribution in [2.24, 2.45) is 0 Å². The van der Waals surface area contributed by atoms with Crippen molar-refractivity contribution >= 4 is 32.7 Å². The van der Waals surface area contributed by atoms with E-state index in [4.69, 9.17) is 0 Å². The molecule has 2 aromatic carbocycles. The van der Waals surface area contributed by atoms with Gasteiger partial charge in [-0.05, 0) is 36.8 Å². The number of amides is 1. The lowest BCUT2D eigenvalue weighted by atomic mass is 10.1. The van der Waals surface area contributed by atoms with Crippen LogP contribution < -0.4 is 10.9 Å². The van der Waals surface area contributed by atoms with Crippen LogP contribution in [0.5, 0.6) is 0 Å². The molecule has 0 radical (unpaired) electrons. The summed E-state index contributed by atoms with van der Waals surface area (Å²) in [7, 11) is 0. The van der Waals surface area contributed by atoms with Crippen LogP contribution in [-0.2, 0) is 11.3 Å². The first-order valence-corrected chi connectivity index (χ1v) is 8.83. The van der Waals surface area contributed by atoms with Gasteiger partial charge in [0.15, 0.2) is 0 Å². The Kier molecular flexibility index (Phi) is 5.28. The Bertz CT molecular complexity index is 951. The quantitative estimate of drug-likeness (QED) is 0.714. The van der Waals surface area contributed by atoms with Crippen LogP contribution in [0.15, 0.2) is 64.1 Å². The number of benzene rings is 2. The SMILES string of the molecule is CC(NC(=O)CCn1cnc2ccccc2c1=O)c1ccc(Br)cc1.